The zero-order chi connectivity index (χ0) is 22.1. The van der Waals surface area contributed by atoms with Crippen molar-refractivity contribution in [1.82, 2.24) is 10.2 Å². The van der Waals surface area contributed by atoms with Crippen LogP contribution in [0.5, 0.6) is 0 Å². The Hall–Kier alpha value is -4.52. The van der Waals surface area contributed by atoms with E-state index in [0.29, 0.717) is 40.3 Å². The van der Waals surface area contributed by atoms with Gasteiger partial charge >= 0.3 is 0 Å². The van der Waals surface area contributed by atoms with Crippen LogP contribution < -0.4 is 15.8 Å². The number of aromatic nitrogens is 2. The smallest absolute Gasteiger partial charge is 0.266 e. The number of hydrogen-bond acceptors (Lipinski definition) is 5. The summed E-state index contributed by atoms with van der Waals surface area (Å²) in [6.45, 7) is 0.521. The minimum atomic E-state index is -0.375. The number of nitrogens with zero attached hydrogens (tertiary/aromatic N) is 2. The fourth-order valence-corrected chi connectivity index (χ4v) is 3.73. The van der Waals surface area contributed by atoms with Gasteiger partial charge in [0, 0.05) is 18.2 Å². The van der Waals surface area contributed by atoms with E-state index >= 15 is 0 Å². The van der Waals surface area contributed by atoms with Crippen LogP contribution in [0.15, 0.2) is 89.7 Å². The maximum Gasteiger partial charge on any atom is 0.266 e. The summed E-state index contributed by atoms with van der Waals surface area (Å²) in [6.07, 6.45) is 0. The third-order valence-electron chi connectivity index (χ3n) is 5.33. The highest BCUT2D eigenvalue weighted by Crippen LogP contribution is 2.36. The molecule has 0 aliphatic carbocycles. The molecule has 0 radical (unpaired) electrons. The van der Waals surface area contributed by atoms with Crippen LogP contribution >= 0.6 is 0 Å². The molecule has 0 saturated heterocycles. The van der Waals surface area contributed by atoms with Gasteiger partial charge in [-0.1, -0.05) is 48.5 Å². The molecule has 1 aliphatic rings. The maximum atomic E-state index is 13.1. The zero-order valence-corrected chi connectivity index (χ0v) is 16.9. The Balaban J connectivity index is 1.58. The molecule has 5 rings (SSSR count). The number of imide groups is 1. The van der Waals surface area contributed by atoms with Crippen molar-refractivity contribution in [2.75, 3.05) is 10.2 Å². The largest absolute Gasteiger partial charge is 0.379 e. The topological polar surface area (TPSA) is 95.2 Å². The quantitative estimate of drug-likeness (QED) is 0.477. The number of H-pyrrole nitrogens is 1. The average Bonchev–Trinajstić information content (AvgIpc) is 3.09. The van der Waals surface area contributed by atoms with E-state index in [-0.39, 0.29) is 17.4 Å². The zero-order valence-electron chi connectivity index (χ0n) is 16.9. The molecule has 0 atom stereocenters. The Morgan fingerprint density at radius 3 is 2.12 bits per heavy atom. The summed E-state index contributed by atoms with van der Waals surface area (Å²) in [7, 11) is 0. The molecule has 3 aromatic carbocycles. The molecule has 1 aliphatic heterocycles. The van der Waals surface area contributed by atoms with E-state index in [4.69, 9.17) is 0 Å². The number of carbonyl (C=O) groups is 2. The molecule has 0 unspecified atom stereocenters. The van der Waals surface area contributed by atoms with E-state index in [9.17, 15) is 14.4 Å². The maximum absolute atomic E-state index is 13.1. The fourth-order valence-electron chi connectivity index (χ4n) is 3.73. The molecule has 0 saturated carbocycles. The minimum Gasteiger partial charge on any atom is -0.379 e. The number of amides is 2. The van der Waals surface area contributed by atoms with Gasteiger partial charge in [0.15, 0.2) is 0 Å². The van der Waals surface area contributed by atoms with Gasteiger partial charge in [0.05, 0.1) is 28.2 Å². The van der Waals surface area contributed by atoms with Gasteiger partial charge in [-0.15, -0.1) is 0 Å². The summed E-state index contributed by atoms with van der Waals surface area (Å²) in [5, 5.41) is 9.82. The number of rotatable bonds is 5. The lowest BCUT2D eigenvalue weighted by molar-refractivity contribution is 0.0926. The van der Waals surface area contributed by atoms with Crippen LogP contribution in [0.25, 0.3) is 11.3 Å². The van der Waals surface area contributed by atoms with Crippen molar-refractivity contribution in [3.63, 3.8) is 0 Å². The van der Waals surface area contributed by atoms with Gasteiger partial charge < -0.3 is 5.32 Å². The van der Waals surface area contributed by atoms with Gasteiger partial charge in [-0.2, -0.15) is 5.10 Å². The van der Waals surface area contributed by atoms with E-state index in [1.807, 2.05) is 42.5 Å². The molecule has 0 bridgehead atoms. The normalized spacial score (nSPS) is 12.7. The lowest BCUT2D eigenvalue weighted by Crippen LogP contribution is -2.30. The number of aromatic amines is 1. The van der Waals surface area contributed by atoms with Crippen molar-refractivity contribution in [2.45, 2.75) is 6.54 Å². The number of benzene rings is 3. The molecular weight excluding hydrogens is 404 g/mol. The summed E-state index contributed by atoms with van der Waals surface area (Å²) in [6, 6.07) is 25.0. The average molecular weight is 422 g/mol. The number of carbonyl (C=O) groups excluding carboxylic acids is 2. The number of anilines is 2. The lowest BCUT2D eigenvalue weighted by Gasteiger charge is -2.20. The summed E-state index contributed by atoms with van der Waals surface area (Å²) in [5.74, 6) is -0.750. The van der Waals surface area contributed by atoms with E-state index in [1.165, 1.54) is 11.0 Å². The molecule has 2 N–H and O–H groups in total. The molecular formula is C25H18N4O3. The van der Waals surface area contributed by atoms with Gasteiger partial charge in [0.25, 0.3) is 17.4 Å². The molecule has 0 spiro atoms. The number of nitrogens with one attached hydrogen (secondary N) is 2. The molecule has 1 aromatic heterocycles. The van der Waals surface area contributed by atoms with Crippen molar-refractivity contribution < 1.29 is 9.59 Å². The summed E-state index contributed by atoms with van der Waals surface area (Å²) < 4.78 is 0. The Labute approximate surface area is 183 Å². The predicted molar refractivity (Wildman–Crippen MR) is 122 cm³/mol. The number of hydrogen-bond donors (Lipinski definition) is 2. The molecule has 32 heavy (non-hydrogen) atoms. The van der Waals surface area contributed by atoms with E-state index in [2.05, 4.69) is 15.5 Å². The standard InChI is InChI=1S/C25H18N4O3/c30-23-13-12-20(27-28-23)17-10-11-21(26-15-16-6-2-1-3-7-16)22(14-17)29-24(31)18-8-4-5-9-19(18)25(29)32/h1-14,26H,15H2,(H,28,30). The van der Waals surface area contributed by atoms with Gasteiger partial charge in [-0.3, -0.25) is 14.4 Å². The van der Waals surface area contributed by atoms with Crippen LogP contribution in [-0.4, -0.2) is 22.0 Å². The first-order valence-electron chi connectivity index (χ1n) is 10.1. The second-order valence-corrected chi connectivity index (χ2v) is 7.37. The van der Waals surface area contributed by atoms with Crippen molar-refractivity contribution in [3.8, 4) is 11.3 Å². The van der Waals surface area contributed by atoms with Crippen molar-refractivity contribution in [2.24, 2.45) is 0 Å². The number of fused-ring (bicyclic) bond motifs is 1. The lowest BCUT2D eigenvalue weighted by atomic mass is 10.1. The predicted octanol–water partition coefficient (Wildman–Crippen LogP) is 3.85. The monoisotopic (exact) mass is 422 g/mol. The Kier molecular flexibility index (Phi) is 4.84. The van der Waals surface area contributed by atoms with Crippen LogP contribution in [-0.2, 0) is 6.54 Å². The highest BCUT2D eigenvalue weighted by Gasteiger charge is 2.37. The van der Waals surface area contributed by atoms with Crippen molar-refractivity contribution >= 4 is 23.2 Å². The van der Waals surface area contributed by atoms with E-state index in [1.54, 1.807) is 36.4 Å². The summed E-state index contributed by atoms with van der Waals surface area (Å²) in [5.41, 5.74) is 3.75. The van der Waals surface area contributed by atoms with Crippen LogP contribution in [0.1, 0.15) is 26.3 Å². The second kappa shape index (κ2) is 7.96. The van der Waals surface area contributed by atoms with Gasteiger partial charge in [-0.25, -0.2) is 10.00 Å². The highest BCUT2D eigenvalue weighted by atomic mass is 16.2. The fraction of sp³-hybridized carbons (Fsp3) is 0.0400. The minimum absolute atomic E-state index is 0.310. The first-order chi connectivity index (χ1) is 15.6. The third-order valence-corrected chi connectivity index (χ3v) is 5.33. The Morgan fingerprint density at radius 2 is 1.47 bits per heavy atom. The first kappa shape index (κ1) is 19.4. The molecule has 156 valence electrons. The van der Waals surface area contributed by atoms with Gasteiger partial charge in [0.1, 0.15) is 0 Å². The second-order valence-electron chi connectivity index (χ2n) is 7.37. The van der Waals surface area contributed by atoms with E-state index in [0.717, 1.165) is 5.56 Å². The van der Waals surface area contributed by atoms with Crippen molar-refractivity contribution in [1.29, 1.82) is 0 Å². The summed E-state index contributed by atoms with van der Waals surface area (Å²) in [4.78, 5) is 38.9. The van der Waals surface area contributed by atoms with E-state index < -0.39 is 0 Å². The third kappa shape index (κ3) is 3.45. The summed E-state index contributed by atoms with van der Waals surface area (Å²) >= 11 is 0. The Bertz CT molecular complexity index is 1340. The van der Waals surface area contributed by atoms with Crippen LogP contribution in [0.2, 0.25) is 0 Å². The first-order valence-corrected chi connectivity index (χ1v) is 10.1. The molecule has 2 heterocycles. The molecule has 7 heteroatoms. The molecule has 7 nitrogen and oxygen atoms in total. The van der Waals surface area contributed by atoms with Crippen LogP contribution in [0.3, 0.4) is 0 Å². The SMILES string of the molecule is O=C1c2ccccc2C(=O)N1c1cc(-c2ccc(=O)[nH]n2)ccc1NCc1ccccc1. The van der Waals surface area contributed by atoms with Crippen LogP contribution in [0.4, 0.5) is 11.4 Å². The van der Waals surface area contributed by atoms with Gasteiger partial charge in [0.2, 0.25) is 0 Å². The van der Waals surface area contributed by atoms with Crippen molar-refractivity contribution in [3.05, 3.63) is 112 Å². The highest BCUT2D eigenvalue weighted by molar-refractivity contribution is 6.35. The van der Waals surface area contributed by atoms with Gasteiger partial charge in [-0.05, 0) is 35.9 Å². The molecule has 2 amide bonds. The molecule has 4 aromatic rings. The molecule has 0 fully saturated rings. The Morgan fingerprint density at radius 1 is 0.781 bits per heavy atom. The van der Waals surface area contributed by atoms with Crippen LogP contribution in [0, 0.1) is 0 Å².